The van der Waals surface area contributed by atoms with Crippen LogP contribution in [0.25, 0.3) is 0 Å². The van der Waals surface area contributed by atoms with Gasteiger partial charge in [-0.3, -0.25) is 5.84 Å². The Bertz CT molecular complexity index is 157. The molecule has 0 heterocycles. The van der Waals surface area contributed by atoms with Crippen LogP contribution in [0.4, 0.5) is 0 Å². The van der Waals surface area contributed by atoms with Gasteiger partial charge in [-0.05, 0) is 18.8 Å². The lowest BCUT2D eigenvalue weighted by molar-refractivity contribution is 0.311. The monoisotopic (exact) mass is 169 g/mol. The topological polar surface area (TPSA) is 64.1 Å². The molecule has 0 aromatic carbocycles. The normalized spacial score (nSPS) is 31.7. The fraction of sp³-hybridized carbons (Fsp3) is 0.778. The predicted molar refractivity (Wildman–Crippen MR) is 50.7 cm³/mol. The van der Waals surface area contributed by atoms with Gasteiger partial charge >= 0.3 is 0 Å². The number of nitrogens with one attached hydrogen (secondary N) is 1. The molecule has 0 radical (unpaired) electrons. The lowest BCUT2D eigenvalue weighted by Gasteiger charge is -2.27. The third kappa shape index (κ3) is 2.14. The van der Waals surface area contributed by atoms with Crippen LogP contribution in [-0.2, 0) is 0 Å². The van der Waals surface area contributed by atoms with Gasteiger partial charge in [-0.2, -0.15) is 0 Å². The molecule has 0 saturated heterocycles. The van der Waals surface area contributed by atoms with Gasteiger partial charge in [0.1, 0.15) is 0 Å². The van der Waals surface area contributed by atoms with Crippen molar-refractivity contribution in [3.63, 3.8) is 0 Å². The lowest BCUT2D eigenvalue weighted by atomic mass is 9.81. The SMILES string of the molecule is CC1CCC(C(=CN)NN)CC1. The average Bonchev–Trinajstić information content (AvgIpc) is 2.10. The molecule has 0 atom stereocenters. The first-order valence-corrected chi connectivity index (χ1v) is 4.66. The second-order valence-electron chi connectivity index (χ2n) is 3.72. The van der Waals surface area contributed by atoms with Crippen LogP contribution in [0.15, 0.2) is 11.9 Å². The van der Waals surface area contributed by atoms with Crippen LogP contribution in [-0.4, -0.2) is 0 Å². The minimum absolute atomic E-state index is 0.566. The molecule has 0 aromatic heterocycles. The van der Waals surface area contributed by atoms with Crippen molar-refractivity contribution in [3.05, 3.63) is 11.9 Å². The summed E-state index contributed by atoms with van der Waals surface area (Å²) >= 11 is 0. The van der Waals surface area contributed by atoms with Crippen molar-refractivity contribution in [1.29, 1.82) is 0 Å². The van der Waals surface area contributed by atoms with E-state index in [2.05, 4.69) is 12.3 Å². The second kappa shape index (κ2) is 4.36. The van der Waals surface area contributed by atoms with E-state index in [1.54, 1.807) is 6.20 Å². The standard InChI is InChI=1S/C9H19N3/c1-7-2-4-8(5-3-7)9(6-10)12-11/h6-8,12H,2-5,10-11H2,1H3. The smallest absolute Gasteiger partial charge is 0.0444 e. The Balaban J connectivity index is 2.43. The molecule has 3 nitrogen and oxygen atoms in total. The molecule has 0 aliphatic heterocycles. The molecule has 1 fully saturated rings. The number of rotatable bonds is 2. The molecule has 12 heavy (non-hydrogen) atoms. The summed E-state index contributed by atoms with van der Waals surface area (Å²) < 4.78 is 0. The van der Waals surface area contributed by atoms with Gasteiger partial charge in [0.2, 0.25) is 0 Å². The van der Waals surface area contributed by atoms with Crippen molar-refractivity contribution in [2.24, 2.45) is 23.4 Å². The highest BCUT2D eigenvalue weighted by atomic mass is 15.2. The lowest BCUT2D eigenvalue weighted by Crippen LogP contribution is -2.29. The average molecular weight is 169 g/mol. The molecule has 0 spiro atoms. The van der Waals surface area contributed by atoms with Crippen molar-refractivity contribution in [3.8, 4) is 0 Å². The Morgan fingerprint density at radius 2 is 1.92 bits per heavy atom. The first kappa shape index (κ1) is 9.39. The van der Waals surface area contributed by atoms with Gasteiger partial charge in [0.25, 0.3) is 0 Å². The zero-order valence-corrected chi connectivity index (χ0v) is 7.72. The van der Waals surface area contributed by atoms with Crippen LogP contribution >= 0.6 is 0 Å². The van der Waals surface area contributed by atoms with E-state index >= 15 is 0 Å². The summed E-state index contributed by atoms with van der Waals surface area (Å²) in [6.07, 6.45) is 6.62. The minimum Gasteiger partial charge on any atom is -0.403 e. The number of nitrogens with two attached hydrogens (primary N) is 2. The predicted octanol–water partition coefficient (Wildman–Crippen LogP) is 1.08. The van der Waals surface area contributed by atoms with Gasteiger partial charge in [-0.1, -0.05) is 19.8 Å². The Labute approximate surface area is 74.2 Å². The highest BCUT2D eigenvalue weighted by molar-refractivity contribution is 5.02. The van der Waals surface area contributed by atoms with Crippen molar-refractivity contribution in [2.45, 2.75) is 32.6 Å². The van der Waals surface area contributed by atoms with Gasteiger partial charge < -0.3 is 11.2 Å². The van der Waals surface area contributed by atoms with Crippen molar-refractivity contribution >= 4 is 0 Å². The number of hydrazine groups is 1. The summed E-state index contributed by atoms with van der Waals surface area (Å²) in [6, 6.07) is 0. The summed E-state index contributed by atoms with van der Waals surface area (Å²) in [6.45, 7) is 2.30. The van der Waals surface area contributed by atoms with Crippen LogP contribution in [0.2, 0.25) is 0 Å². The molecule has 70 valence electrons. The van der Waals surface area contributed by atoms with Gasteiger partial charge in [-0.25, -0.2) is 0 Å². The summed E-state index contributed by atoms with van der Waals surface area (Å²) in [5, 5.41) is 0. The van der Waals surface area contributed by atoms with Crippen LogP contribution < -0.4 is 17.0 Å². The van der Waals surface area contributed by atoms with Gasteiger partial charge in [0.15, 0.2) is 0 Å². The van der Waals surface area contributed by atoms with E-state index in [1.165, 1.54) is 25.7 Å². The fourth-order valence-electron chi connectivity index (χ4n) is 1.87. The fourth-order valence-corrected chi connectivity index (χ4v) is 1.87. The van der Waals surface area contributed by atoms with Crippen molar-refractivity contribution < 1.29 is 0 Å². The summed E-state index contributed by atoms with van der Waals surface area (Å²) in [4.78, 5) is 0. The zero-order chi connectivity index (χ0) is 8.97. The maximum atomic E-state index is 5.44. The largest absolute Gasteiger partial charge is 0.403 e. The Morgan fingerprint density at radius 1 is 1.33 bits per heavy atom. The second-order valence-corrected chi connectivity index (χ2v) is 3.72. The van der Waals surface area contributed by atoms with Crippen LogP contribution in [0.3, 0.4) is 0 Å². The highest BCUT2D eigenvalue weighted by Crippen LogP contribution is 2.31. The van der Waals surface area contributed by atoms with Crippen LogP contribution in [0, 0.1) is 11.8 Å². The summed E-state index contributed by atoms with van der Waals surface area (Å²) in [5.74, 6) is 6.79. The Hall–Kier alpha value is -0.700. The highest BCUT2D eigenvalue weighted by Gasteiger charge is 2.20. The van der Waals surface area contributed by atoms with Crippen LogP contribution in [0.5, 0.6) is 0 Å². The number of hydrogen-bond donors (Lipinski definition) is 3. The molecule has 1 aliphatic carbocycles. The maximum absolute atomic E-state index is 5.44. The summed E-state index contributed by atoms with van der Waals surface area (Å²) in [5.41, 5.74) is 9.12. The molecule has 5 N–H and O–H groups in total. The summed E-state index contributed by atoms with van der Waals surface area (Å²) in [7, 11) is 0. The van der Waals surface area contributed by atoms with E-state index in [1.807, 2.05) is 0 Å². The number of hydrogen-bond acceptors (Lipinski definition) is 3. The molecule has 1 rings (SSSR count). The molecule has 0 bridgehead atoms. The first-order chi connectivity index (χ1) is 5.77. The number of allylic oxidation sites excluding steroid dienone is 1. The van der Waals surface area contributed by atoms with E-state index < -0.39 is 0 Å². The molecule has 0 amide bonds. The molecule has 0 unspecified atom stereocenters. The minimum atomic E-state index is 0.566. The van der Waals surface area contributed by atoms with E-state index in [-0.39, 0.29) is 0 Å². The van der Waals surface area contributed by atoms with E-state index in [0.29, 0.717) is 5.92 Å². The van der Waals surface area contributed by atoms with Gasteiger partial charge in [-0.15, -0.1) is 0 Å². The Morgan fingerprint density at radius 3 is 2.33 bits per heavy atom. The maximum Gasteiger partial charge on any atom is 0.0444 e. The molecule has 1 aliphatic rings. The van der Waals surface area contributed by atoms with Crippen molar-refractivity contribution in [1.82, 2.24) is 5.43 Å². The molecule has 1 saturated carbocycles. The molecular formula is C9H19N3. The van der Waals surface area contributed by atoms with E-state index in [4.69, 9.17) is 11.6 Å². The van der Waals surface area contributed by atoms with E-state index in [0.717, 1.165) is 11.6 Å². The third-order valence-electron chi connectivity index (χ3n) is 2.80. The Kier molecular flexibility index (Phi) is 3.41. The zero-order valence-electron chi connectivity index (χ0n) is 7.72. The van der Waals surface area contributed by atoms with Crippen molar-refractivity contribution in [2.75, 3.05) is 0 Å². The van der Waals surface area contributed by atoms with Gasteiger partial charge in [0.05, 0.1) is 0 Å². The molecular weight excluding hydrogens is 150 g/mol. The van der Waals surface area contributed by atoms with Crippen LogP contribution in [0.1, 0.15) is 32.6 Å². The quantitative estimate of drug-likeness (QED) is 0.428. The first-order valence-electron chi connectivity index (χ1n) is 4.66. The molecule has 3 heteroatoms. The van der Waals surface area contributed by atoms with Gasteiger partial charge in [0, 0.05) is 17.8 Å². The third-order valence-corrected chi connectivity index (χ3v) is 2.80. The molecule has 0 aromatic rings. The van der Waals surface area contributed by atoms with E-state index in [9.17, 15) is 0 Å².